The first kappa shape index (κ1) is 17.3. The number of carbonyl (C=O) groups excluding carboxylic acids is 2. The summed E-state index contributed by atoms with van der Waals surface area (Å²) < 4.78 is 0. The number of hydrogen-bond donors (Lipinski definition) is 1. The summed E-state index contributed by atoms with van der Waals surface area (Å²) in [5.74, 6) is -0.0278. The van der Waals surface area contributed by atoms with E-state index in [1.165, 1.54) is 19.3 Å². The van der Waals surface area contributed by atoms with E-state index < -0.39 is 0 Å². The van der Waals surface area contributed by atoms with E-state index in [4.69, 9.17) is 11.6 Å². The molecule has 0 radical (unpaired) electrons. The van der Waals surface area contributed by atoms with Crippen molar-refractivity contribution in [2.45, 2.75) is 51.0 Å². The number of amides is 2. The van der Waals surface area contributed by atoms with Crippen LogP contribution in [0, 0.1) is 5.92 Å². The van der Waals surface area contributed by atoms with Crippen LogP contribution in [0.25, 0.3) is 0 Å². The Morgan fingerprint density at radius 2 is 1.88 bits per heavy atom. The fourth-order valence-electron chi connectivity index (χ4n) is 3.78. The van der Waals surface area contributed by atoms with Crippen molar-refractivity contribution in [3.63, 3.8) is 0 Å². The van der Waals surface area contributed by atoms with Crippen molar-refractivity contribution in [2.75, 3.05) is 13.1 Å². The van der Waals surface area contributed by atoms with Gasteiger partial charge in [-0.2, -0.15) is 0 Å². The highest BCUT2D eigenvalue weighted by atomic mass is 35.5. The van der Waals surface area contributed by atoms with Gasteiger partial charge in [-0.25, -0.2) is 0 Å². The van der Waals surface area contributed by atoms with E-state index in [0.717, 1.165) is 29.8 Å². The Hall–Kier alpha value is -1.55. The molecule has 1 aliphatic carbocycles. The molecule has 1 atom stereocenters. The normalized spacial score (nSPS) is 22.0. The van der Waals surface area contributed by atoms with E-state index in [1.54, 1.807) is 0 Å². The summed E-state index contributed by atoms with van der Waals surface area (Å²) in [5, 5.41) is 3.70. The number of hydrogen-bond acceptors (Lipinski definition) is 2. The molecule has 130 valence electrons. The smallest absolute Gasteiger partial charge is 0.225 e. The standard InChI is InChI=1S/C19H25ClN2O2/c20-16-8-6-14(7-9-16)10-11-21-19(24)15-12-18(23)22(13-15)17-4-2-1-3-5-17/h6-9,15,17H,1-5,10-13H2,(H,21,24)/t15-/m1/s1. The van der Waals surface area contributed by atoms with Crippen LogP contribution in [0.4, 0.5) is 0 Å². The number of halogens is 1. The Balaban J connectivity index is 1.45. The van der Waals surface area contributed by atoms with Crippen molar-refractivity contribution in [1.82, 2.24) is 10.2 Å². The lowest BCUT2D eigenvalue weighted by Crippen LogP contribution is -2.39. The first-order valence-electron chi connectivity index (χ1n) is 8.95. The number of likely N-dealkylation sites (tertiary alicyclic amines) is 1. The number of nitrogens with zero attached hydrogens (tertiary/aromatic N) is 1. The minimum Gasteiger partial charge on any atom is -0.355 e. The predicted octanol–water partition coefficient (Wildman–Crippen LogP) is 3.18. The topological polar surface area (TPSA) is 49.4 Å². The monoisotopic (exact) mass is 348 g/mol. The number of carbonyl (C=O) groups is 2. The third-order valence-corrected chi connectivity index (χ3v) is 5.42. The second kappa shape index (κ2) is 8.02. The second-order valence-corrected chi connectivity index (χ2v) is 7.34. The lowest BCUT2D eigenvalue weighted by Gasteiger charge is -2.31. The van der Waals surface area contributed by atoms with Gasteiger partial charge in [0.2, 0.25) is 11.8 Å². The van der Waals surface area contributed by atoms with Crippen LogP contribution in [-0.2, 0) is 16.0 Å². The summed E-state index contributed by atoms with van der Waals surface area (Å²) in [6.07, 6.45) is 7.00. The highest BCUT2D eigenvalue weighted by molar-refractivity contribution is 6.30. The van der Waals surface area contributed by atoms with Crippen LogP contribution in [0.1, 0.15) is 44.1 Å². The lowest BCUT2D eigenvalue weighted by atomic mass is 9.94. The molecule has 1 aromatic rings. The van der Waals surface area contributed by atoms with Crippen molar-refractivity contribution < 1.29 is 9.59 Å². The van der Waals surface area contributed by atoms with Crippen molar-refractivity contribution in [3.8, 4) is 0 Å². The Morgan fingerprint density at radius 3 is 2.58 bits per heavy atom. The van der Waals surface area contributed by atoms with Crippen molar-refractivity contribution >= 4 is 23.4 Å². The zero-order chi connectivity index (χ0) is 16.9. The Bertz CT molecular complexity index is 582. The molecule has 1 saturated carbocycles. The molecule has 0 bridgehead atoms. The first-order chi connectivity index (χ1) is 11.6. The average Bonchev–Trinajstić information content (AvgIpc) is 2.99. The van der Waals surface area contributed by atoms with Crippen LogP contribution in [0.15, 0.2) is 24.3 Å². The third-order valence-electron chi connectivity index (χ3n) is 5.17. The molecule has 2 fully saturated rings. The van der Waals surface area contributed by atoms with Crippen molar-refractivity contribution in [3.05, 3.63) is 34.9 Å². The van der Waals surface area contributed by atoms with Gasteiger partial charge in [0.15, 0.2) is 0 Å². The van der Waals surface area contributed by atoms with Gasteiger partial charge in [-0.15, -0.1) is 0 Å². The Labute approximate surface area is 148 Å². The Morgan fingerprint density at radius 1 is 1.17 bits per heavy atom. The molecule has 24 heavy (non-hydrogen) atoms. The summed E-state index contributed by atoms with van der Waals surface area (Å²) in [4.78, 5) is 26.6. The fourth-order valence-corrected chi connectivity index (χ4v) is 3.90. The van der Waals surface area contributed by atoms with Gasteiger partial charge in [0.25, 0.3) is 0 Å². The molecule has 1 N–H and O–H groups in total. The molecule has 5 heteroatoms. The quantitative estimate of drug-likeness (QED) is 0.888. The molecule has 2 amide bonds. The van der Waals surface area contributed by atoms with E-state index in [1.807, 2.05) is 29.2 Å². The number of rotatable bonds is 5. The molecule has 0 aromatic heterocycles. The fraction of sp³-hybridized carbons (Fsp3) is 0.579. The van der Waals surface area contributed by atoms with Gasteiger partial charge in [0.1, 0.15) is 0 Å². The molecule has 1 saturated heterocycles. The average molecular weight is 349 g/mol. The van der Waals surface area contributed by atoms with Gasteiger partial charge in [-0.05, 0) is 37.0 Å². The van der Waals surface area contributed by atoms with Crippen LogP contribution in [0.5, 0.6) is 0 Å². The molecular formula is C19H25ClN2O2. The SMILES string of the molecule is O=C(NCCc1ccc(Cl)cc1)[C@@H]1CC(=O)N(C2CCCCC2)C1. The summed E-state index contributed by atoms with van der Waals surface area (Å²) in [6.45, 7) is 1.19. The summed E-state index contributed by atoms with van der Waals surface area (Å²) in [5.41, 5.74) is 1.14. The maximum Gasteiger partial charge on any atom is 0.225 e. The number of nitrogens with one attached hydrogen (secondary N) is 1. The Kier molecular flexibility index (Phi) is 5.77. The van der Waals surface area contributed by atoms with Gasteiger partial charge in [-0.3, -0.25) is 9.59 Å². The van der Waals surface area contributed by atoms with Crippen LogP contribution in [0.3, 0.4) is 0 Å². The molecule has 4 nitrogen and oxygen atoms in total. The van der Waals surface area contributed by atoms with Gasteiger partial charge in [0, 0.05) is 30.6 Å². The summed E-state index contributed by atoms with van der Waals surface area (Å²) in [7, 11) is 0. The van der Waals surface area contributed by atoms with Crippen molar-refractivity contribution in [1.29, 1.82) is 0 Å². The molecule has 1 heterocycles. The van der Waals surface area contributed by atoms with Crippen molar-refractivity contribution in [2.24, 2.45) is 5.92 Å². The molecule has 1 aromatic carbocycles. The largest absolute Gasteiger partial charge is 0.355 e. The van der Waals surface area contributed by atoms with Gasteiger partial charge in [0.05, 0.1) is 5.92 Å². The minimum absolute atomic E-state index is 0.00984. The maximum atomic E-state index is 12.4. The van der Waals surface area contributed by atoms with E-state index >= 15 is 0 Å². The first-order valence-corrected chi connectivity index (χ1v) is 9.33. The van der Waals surface area contributed by atoms with Gasteiger partial charge in [-0.1, -0.05) is 43.0 Å². The highest BCUT2D eigenvalue weighted by Crippen LogP contribution is 2.28. The molecule has 0 unspecified atom stereocenters. The van der Waals surface area contributed by atoms with Gasteiger partial charge >= 0.3 is 0 Å². The van der Waals surface area contributed by atoms with E-state index in [0.29, 0.717) is 25.6 Å². The van der Waals surface area contributed by atoms with Crippen LogP contribution < -0.4 is 5.32 Å². The van der Waals surface area contributed by atoms with Crippen LogP contribution in [-0.4, -0.2) is 35.8 Å². The van der Waals surface area contributed by atoms with E-state index in [9.17, 15) is 9.59 Å². The van der Waals surface area contributed by atoms with E-state index in [2.05, 4.69) is 5.32 Å². The highest BCUT2D eigenvalue weighted by Gasteiger charge is 2.37. The summed E-state index contributed by atoms with van der Waals surface area (Å²) in [6, 6.07) is 8.02. The molecular weight excluding hydrogens is 324 g/mol. The molecule has 3 rings (SSSR count). The van der Waals surface area contributed by atoms with E-state index in [-0.39, 0.29) is 17.7 Å². The summed E-state index contributed by atoms with van der Waals surface area (Å²) >= 11 is 5.87. The van der Waals surface area contributed by atoms with Gasteiger partial charge < -0.3 is 10.2 Å². The van der Waals surface area contributed by atoms with Crippen LogP contribution >= 0.6 is 11.6 Å². The zero-order valence-electron chi connectivity index (χ0n) is 14.0. The van der Waals surface area contributed by atoms with Crippen LogP contribution in [0.2, 0.25) is 5.02 Å². The zero-order valence-corrected chi connectivity index (χ0v) is 14.7. The predicted molar refractivity (Wildman–Crippen MR) is 94.9 cm³/mol. The second-order valence-electron chi connectivity index (χ2n) is 6.91. The molecule has 0 spiro atoms. The maximum absolute atomic E-state index is 12.4. The minimum atomic E-state index is -0.190. The number of benzene rings is 1. The molecule has 2 aliphatic rings. The lowest BCUT2D eigenvalue weighted by molar-refractivity contribution is -0.130. The third kappa shape index (κ3) is 4.29. The molecule has 1 aliphatic heterocycles.